The normalized spacial score (nSPS) is 14.5. The molecule has 0 atom stereocenters. The fraction of sp³-hybridized carbons (Fsp3) is 0.348. The van der Waals surface area contributed by atoms with Gasteiger partial charge in [-0.2, -0.15) is 4.98 Å². The second-order valence-electron chi connectivity index (χ2n) is 7.92. The highest BCUT2D eigenvalue weighted by molar-refractivity contribution is 5.94. The van der Waals surface area contributed by atoms with Gasteiger partial charge in [0.25, 0.3) is 11.6 Å². The van der Waals surface area contributed by atoms with Crippen LogP contribution in [0.1, 0.15) is 28.2 Å². The molecule has 1 aliphatic heterocycles. The molecule has 4 rings (SSSR count). The molecule has 0 bridgehead atoms. The number of hydrogen-bond acceptors (Lipinski definition) is 7. The summed E-state index contributed by atoms with van der Waals surface area (Å²) in [6, 6.07) is 13.8. The summed E-state index contributed by atoms with van der Waals surface area (Å²) < 4.78 is 5.38. The number of benzene rings is 2. The predicted octanol–water partition coefficient (Wildman–Crippen LogP) is 3.34. The molecule has 0 spiro atoms. The summed E-state index contributed by atoms with van der Waals surface area (Å²) >= 11 is 0. The number of non-ortho nitro benzene ring substituents is 1. The van der Waals surface area contributed by atoms with Crippen LogP contribution in [0.2, 0.25) is 0 Å². The van der Waals surface area contributed by atoms with Crippen molar-refractivity contribution in [1.29, 1.82) is 0 Å². The number of piperazine rings is 1. The first-order valence-corrected chi connectivity index (χ1v) is 10.7. The van der Waals surface area contributed by atoms with Gasteiger partial charge in [0.05, 0.1) is 4.92 Å². The minimum atomic E-state index is -0.468. The van der Waals surface area contributed by atoms with Crippen LogP contribution < -0.4 is 0 Å². The van der Waals surface area contributed by atoms with E-state index in [2.05, 4.69) is 15.0 Å². The van der Waals surface area contributed by atoms with E-state index in [9.17, 15) is 14.9 Å². The first kappa shape index (κ1) is 21.6. The number of nitro benzene ring substituents is 1. The summed E-state index contributed by atoms with van der Waals surface area (Å²) in [6.45, 7) is 5.77. The van der Waals surface area contributed by atoms with E-state index < -0.39 is 4.92 Å². The number of nitro groups is 1. The van der Waals surface area contributed by atoms with E-state index in [1.807, 2.05) is 31.2 Å². The Labute approximate surface area is 185 Å². The molecule has 0 N–H and O–H groups in total. The molecule has 3 aromatic rings. The van der Waals surface area contributed by atoms with Crippen molar-refractivity contribution in [3.63, 3.8) is 0 Å². The molecule has 0 unspecified atom stereocenters. The lowest BCUT2D eigenvalue weighted by molar-refractivity contribution is -0.384. The van der Waals surface area contributed by atoms with Crippen LogP contribution in [0.5, 0.6) is 0 Å². The molecule has 0 aliphatic carbocycles. The van der Waals surface area contributed by atoms with Crippen LogP contribution in [0.25, 0.3) is 11.4 Å². The third kappa shape index (κ3) is 5.17. The molecule has 2 heterocycles. The molecule has 1 aliphatic rings. The molecule has 9 nitrogen and oxygen atoms in total. The quantitative estimate of drug-likeness (QED) is 0.414. The van der Waals surface area contributed by atoms with Crippen LogP contribution in [0, 0.1) is 17.0 Å². The van der Waals surface area contributed by atoms with E-state index in [1.54, 1.807) is 4.90 Å². The lowest BCUT2D eigenvalue weighted by Crippen LogP contribution is -2.48. The molecule has 1 aromatic heterocycles. The molecule has 0 saturated carbocycles. The van der Waals surface area contributed by atoms with Crippen molar-refractivity contribution in [3.8, 4) is 11.4 Å². The van der Waals surface area contributed by atoms with Crippen molar-refractivity contribution in [3.05, 3.63) is 75.7 Å². The summed E-state index contributed by atoms with van der Waals surface area (Å²) in [5, 5.41) is 14.8. The Morgan fingerprint density at radius 1 is 1.06 bits per heavy atom. The van der Waals surface area contributed by atoms with Gasteiger partial charge < -0.3 is 9.42 Å². The SMILES string of the molecule is Cc1ccc(-c2noc(CCCN3CCN(C(=O)c4ccc([N+](=O)[O-])cc4)CC3)n2)cc1. The van der Waals surface area contributed by atoms with Gasteiger partial charge in [0.15, 0.2) is 0 Å². The number of aryl methyl sites for hydroxylation is 2. The standard InChI is InChI=1S/C23H25N5O4/c1-17-4-6-18(7-5-17)22-24-21(32-25-22)3-2-12-26-13-15-27(16-14-26)23(29)19-8-10-20(11-9-19)28(30)31/h4-11H,2-3,12-16H2,1H3. The second kappa shape index (κ2) is 9.69. The van der Waals surface area contributed by atoms with Gasteiger partial charge in [-0.15, -0.1) is 0 Å². The van der Waals surface area contributed by atoms with Crippen LogP contribution in [0.3, 0.4) is 0 Å². The third-order valence-electron chi connectivity index (χ3n) is 5.63. The first-order valence-electron chi connectivity index (χ1n) is 10.7. The summed E-state index contributed by atoms with van der Waals surface area (Å²) in [5.74, 6) is 1.15. The Morgan fingerprint density at radius 2 is 1.75 bits per heavy atom. The molecule has 1 fully saturated rings. The molecule has 166 valence electrons. The van der Waals surface area contributed by atoms with Gasteiger partial charge in [-0.3, -0.25) is 19.8 Å². The topological polar surface area (TPSA) is 106 Å². The maximum absolute atomic E-state index is 12.6. The smallest absolute Gasteiger partial charge is 0.269 e. The number of amides is 1. The predicted molar refractivity (Wildman–Crippen MR) is 118 cm³/mol. The highest BCUT2D eigenvalue weighted by Gasteiger charge is 2.22. The largest absolute Gasteiger partial charge is 0.339 e. The Balaban J connectivity index is 1.21. The molecule has 32 heavy (non-hydrogen) atoms. The van der Waals surface area contributed by atoms with Gasteiger partial charge in [0, 0.05) is 55.9 Å². The zero-order chi connectivity index (χ0) is 22.5. The first-order chi connectivity index (χ1) is 15.5. The van der Waals surface area contributed by atoms with E-state index in [0.717, 1.165) is 31.6 Å². The lowest BCUT2D eigenvalue weighted by Gasteiger charge is -2.34. The van der Waals surface area contributed by atoms with Gasteiger partial charge in [-0.25, -0.2) is 0 Å². The Bertz CT molecular complexity index is 1070. The maximum Gasteiger partial charge on any atom is 0.269 e. The number of nitrogens with zero attached hydrogens (tertiary/aromatic N) is 5. The molecule has 1 amide bonds. The van der Waals surface area contributed by atoms with Crippen LogP contribution in [0.4, 0.5) is 5.69 Å². The summed E-state index contributed by atoms with van der Waals surface area (Å²) in [5.41, 5.74) is 2.59. The van der Waals surface area contributed by atoms with Gasteiger partial charge in [0.2, 0.25) is 11.7 Å². The molecular formula is C23H25N5O4. The van der Waals surface area contributed by atoms with Gasteiger partial charge in [-0.05, 0) is 32.0 Å². The monoisotopic (exact) mass is 435 g/mol. The second-order valence-corrected chi connectivity index (χ2v) is 7.92. The fourth-order valence-corrected chi connectivity index (χ4v) is 3.71. The average molecular weight is 435 g/mol. The Kier molecular flexibility index (Phi) is 6.55. The van der Waals surface area contributed by atoms with Crippen LogP contribution in [-0.4, -0.2) is 63.5 Å². The minimum absolute atomic E-state index is 0.0152. The van der Waals surface area contributed by atoms with Gasteiger partial charge in [0.1, 0.15) is 0 Å². The Morgan fingerprint density at radius 3 is 2.41 bits per heavy atom. The maximum atomic E-state index is 12.6. The van der Waals surface area contributed by atoms with Gasteiger partial charge in [-0.1, -0.05) is 35.0 Å². The van der Waals surface area contributed by atoms with Crippen molar-refractivity contribution < 1.29 is 14.2 Å². The fourth-order valence-electron chi connectivity index (χ4n) is 3.71. The van der Waals surface area contributed by atoms with Crippen molar-refractivity contribution in [2.24, 2.45) is 0 Å². The van der Waals surface area contributed by atoms with E-state index in [0.29, 0.717) is 36.8 Å². The number of aromatic nitrogens is 2. The van der Waals surface area contributed by atoms with Crippen LogP contribution in [-0.2, 0) is 6.42 Å². The molecule has 1 saturated heterocycles. The number of hydrogen-bond donors (Lipinski definition) is 0. The number of carbonyl (C=O) groups is 1. The third-order valence-corrected chi connectivity index (χ3v) is 5.63. The average Bonchev–Trinajstić information content (AvgIpc) is 3.28. The number of rotatable bonds is 7. The molecule has 0 radical (unpaired) electrons. The number of carbonyl (C=O) groups excluding carboxylic acids is 1. The van der Waals surface area contributed by atoms with Crippen molar-refractivity contribution in [2.45, 2.75) is 19.8 Å². The lowest BCUT2D eigenvalue weighted by atomic mass is 10.1. The van der Waals surface area contributed by atoms with Crippen molar-refractivity contribution in [2.75, 3.05) is 32.7 Å². The zero-order valence-corrected chi connectivity index (χ0v) is 17.9. The van der Waals surface area contributed by atoms with Crippen molar-refractivity contribution in [1.82, 2.24) is 19.9 Å². The van der Waals surface area contributed by atoms with Crippen LogP contribution >= 0.6 is 0 Å². The zero-order valence-electron chi connectivity index (χ0n) is 17.9. The molecular weight excluding hydrogens is 410 g/mol. The highest BCUT2D eigenvalue weighted by Crippen LogP contribution is 2.18. The summed E-state index contributed by atoms with van der Waals surface area (Å²) in [4.78, 5) is 31.5. The van der Waals surface area contributed by atoms with E-state index in [-0.39, 0.29) is 11.6 Å². The Hall–Kier alpha value is -3.59. The molecule has 9 heteroatoms. The van der Waals surface area contributed by atoms with E-state index in [1.165, 1.54) is 29.8 Å². The summed E-state index contributed by atoms with van der Waals surface area (Å²) in [6.07, 6.45) is 1.60. The van der Waals surface area contributed by atoms with E-state index >= 15 is 0 Å². The molecule has 2 aromatic carbocycles. The summed E-state index contributed by atoms with van der Waals surface area (Å²) in [7, 11) is 0. The highest BCUT2D eigenvalue weighted by atomic mass is 16.6. The van der Waals surface area contributed by atoms with Crippen LogP contribution in [0.15, 0.2) is 53.1 Å². The van der Waals surface area contributed by atoms with Gasteiger partial charge >= 0.3 is 0 Å². The van der Waals surface area contributed by atoms with E-state index in [4.69, 9.17) is 4.52 Å². The minimum Gasteiger partial charge on any atom is -0.339 e. The van der Waals surface area contributed by atoms with Crippen molar-refractivity contribution >= 4 is 11.6 Å².